The second-order valence-electron chi connectivity index (χ2n) is 5.57. The molecule has 112 valence electrons. The summed E-state index contributed by atoms with van der Waals surface area (Å²) in [6, 6.07) is 10.4. The highest BCUT2D eigenvalue weighted by atomic mass is 32.2. The Hall–Kier alpha value is -0.910. The van der Waals surface area contributed by atoms with Crippen LogP contribution in [-0.4, -0.2) is 45.2 Å². The van der Waals surface area contributed by atoms with Gasteiger partial charge in [0.1, 0.15) is 0 Å². The molecule has 1 heterocycles. The first-order valence-corrected chi connectivity index (χ1v) is 9.10. The molecule has 1 saturated heterocycles. The van der Waals surface area contributed by atoms with Crippen molar-refractivity contribution in [2.45, 2.75) is 19.3 Å². The molecule has 1 aromatic rings. The van der Waals surface area contributed by atoms with E-state index < -0.39 is 10.0 Å². The maximum absolute atomic E-state index is 11.6. The van der Waals surface area contributed by atoms with E-state index in [1.54, 1.807) is 4.31 Å². The average molecular weight is 296 g/mol. The van der Waals surface area contributed by atoms with E-state index in [2.05, 4.69) is 29.6 Å². The Kier molecular flexibility index (Phi) is 5.57. The average Bonchev–Trinajstić information content (AvgIpc) is 2.44. The molecule has 0 spiro atoms. The summed E-state index contributed by atoms with van der Waals surface area (Å²) in [5, 5.41) is 3.45. The zero-order valence-electron chi connectivity index (χ0n) is 12.1. The lowest BCUT2D eigenvalue weighted by atomic mass is 9.99. The van der Waals surface area contributed by atoms with E-state index in [1.807, 2.05) is 6.07 Å². The molecule has 0 aliphatic carbocycles. The Balaban J connectivity index is 1.69. The van der Waals surface area contributed by atoms with E-state index in [1.165, 1.54) is 11.8 Å². The van der Waals surface area contributed by atoms with Crippen molar-refractivity contribution in [3.05, 3.63) is 35.9 Å². The van der Waals surface area contributed by atoms with E-state index in [0.29, 0.717) is 19.0 Å². The second kappa shape index (κ2) is 7.20. The summed E-state index contributed by atoms with van der Waals surface area (Å²) in [7, 11) is -3.03. The van der Waals surface area contributed by atoms with Crippen LogP contribution in [0, 0.1) is 5.92 Å². The minimum Gasteiger partial charge on any atom is -0.316 e. The predicted molar refractivity (Wildman–Crippen MR) is 82.2 cm³/mol. The van der Waals surface area contributed by atoms with Gasteiger partial charge in [-0.3, -0.25) is 0 Å². The number of nitrogens with zero attached hydrogens (tertiary/aromatic N) is 1. The van der Waals surface area contributed by atoms with E-state index in [-0.39, 0.29) is 0 Å². The normalized spacial score (nSPS) is 20.9. The van der Waals surface area contributed by atoms with Crippen LogP contribution >= 0.6 is 0 Å². The number of piperidine rings is 1. The monoisotopic (exact) mass is 296 g/mol. The Morgan fingerprint density at radius 3 is 2.75 bits per heavy atom. The van der Waals surface area contributed by atoms with Gasteiger partial charge in [-0.05, 0) is 43.8 Å². The Morgan fingerprint density at radius 1 is 1.30 bits per heavy atom. The van der Waals surface area contributed by atoms with Gasteiger partial charge in [0.05, 0.1) is 6.26 Å². The number of benzene rings is 1. The summed E-state index contributed by atoms with van der Waals surface area (Å²) >= 11 is 0. The van der Waals surface area contributed by atoms with E-state index in [4.69, 9.17) is 0 Å². The first kappa shape index (κ1) is 15.5. The smallest absolute Gasteiger partial charge is 0.211 e. The summed E-state index contributed by atoms with van der Waals surface area (Å²) < 4.78 is 24.7. The molecule has 1 atom stereocenters. The summed E-state index contributed by atoms with van der Waals surface area (Å²) in [6.45, 7) is 3.19. The number of nitrogens with one attached hydrogen (secondary N) is 1. The fraction of sp³-hybridized carbons (Fsp3) is 0.600. The van der Waals surface area contributed by atoms with Crippen LogP contribution < -0.4 is 5.32 Å². The van der Waals surface area contributed by atoms with Crippen LogP contribution in [0.1, 0.15) is 18.4 Å². The van der Waals surface area contributed by atoms with Crippen molar-refractivity contribution in [2.24, 2.45) is 5.92 Å². The Morgan fingerprint density at radius 2 is 2.05 bits per heavy atom. The quantitative estimate of drug-likeness (QED) is 0.809. The molecule has 1 N–H and O–H groups in total. The molecular weight excluding hydrogens is 272 g/mol. The molecular formula is C15H24N2O2S. The molecule has 0 amide bonds. The molecule has 4 nitrogen and oxygen atoms in total. The highest BCUT2D eigenvalue weighted by Crippen LogP contribution is 2.17. The predicted octanol–water partition coefficient (Wildman–Crippen LogP) is 1.49. The molecule has 0 saturated carbocycles. The SMILES string of the molecule is CS(=O)(=O)N1CCCC(CNCCc2ccccc2)C1. The fourth-order valence-electron chi connectivity index (χ4n) is 2.68. The van der Waals surface area contributed by atoms with Crippen molar-refractivity contribution in [1.29, 1.82) is 0 Å². The van der Waals surface area contributed by atoms with Crippen LogP contribution in [0.5, 0.6) is 0 Å². The van der Waals surface area contributed by atoms with Crippen LogP contribution in [0.2, 0.25) is 0 Å². The lowest BCUT2D eigenvalue weighted by molar-refractivity contribution is 0.262. The van der Waals surface area contributed by atoms with E-state index in [0.717, 1.165) is 32.4 Å². The maximum atomic E-state index is 11.6. The van der Waals surface area contributed by atoms with Crippen LogP contribution in [0.25, 0.3) is 0 Å². The Labute approximate surface area is 122 Å². The zero-order valence-corrected chi connectivity index (χ0v) is 12.9. The van der Waals surface area contributed by atoms with Crippen LogP contribution in [0.4, 0.5) is 0 Å². The van der Waals surface area contributed by atoms with E-state index >= 15 is 0 Å². The van der Waals surface area contributed by atoms with Crippen molar-refractivity contribution in [2.75, 3.05) is 32.4 Å². The van der Waals surface area contributed by atoms with Gasteiger partial charge in [0.25, 0.3) is 0 Å². The van der Waals surface area contributed by atoms with Gasteiger partial charge in [-0.2, -0.15) is 0 Å². The molecule has 2 rings (SSSR count). The van der Waals surface area contributed by atoms with Crippen molar-refractivity contribution >= 4 is 10.0 Å². The van der Waals surface area contributed by atoms with Crippen molar-refractivity contribution in [3.63, 3.8) is 0 Å². The summed E-state index contributed by atoms with van der Waals surface area (Å²) in [4.78, 5) is 0. The Bertz CT molecular complexity index is 502. The molecule has 0 radical (unpaired) electrons. The lowest BCUT2D eigenvalue weighted by Gasteiger charge is -2.31. The largest absolute Gasteiger partial charge is 0.316 e. The molecule has 5 heteroatoms. The third-order valence-corrected chi connectivity index (χ3v) is 5.09. The summed E-state index contributed by atoms with van der Waals surface area (Å²) in [5.74, 6) is 0.439. The summed E-state index contributed by atoms with van der Waals surface area (Å²) in [6.07, 6.45) is 4.41. The molecule has 1 aromatic carbocycles. The zero-order chi connectivity index (χ0) is 14.4. The van der Waals surface area contributed by atoms with Crippen molar-refractivity contribution in [3.8, 4) is 0 Å². The fourth-order valence-corrected chi connectivity index (χ4v) is 3.62. The lowest BCUT2D eigenvalue weighted by Crippen LogP contribution is -2.42. The first-order valence-electron chi connectivity index (χ1n) is 7.25. The highest BCUT2D eigenvalue weighted by Gasteiger charge is 2.25. The van der Waals surface area contributed by atoms with Crippen molar-refractivity contribution < 1.29 is 8.42 Å². The summed E-state index contributed by atoms with van der Waals surface area (Å²) in [5.41, 5.74) is 1.33. The minimum absolute atomic E-state index is 0.439. The van der Waals surface area contributed by atoms with Crippen molar-refractivity contribution in [1.82, 2.24) is 9.62 Å². The molecule has 0 aromatic heterocycles. The maximum Gasteiger partial charge on any atom is 0.211 e. The van der Waals surface area contributed by atoms with Gasteiger partial charge in [0.2, 0.25) is 10.0 Å². The minimum atomic E-state index is -3.03. The standard InChI is InChI=1S/C15H24N2O2S/c1-20(18,19)17-11-5-8-15(13-17)12-16-10-9-14-6-3-2-4-7-14/h2-4,6-7,15-16H,5,8-13H2,1H3. The van der Waals surface area contributed by atoms with Gasteiger partial charge in [0, 0.05) is 13.1 Å². The second-order valence-corrected chi connectivity index (χ2v) is 7.55. The van der Waals surface area contributed by atoms with E-state index in [9.17, 15) is 8.42 Å². The number of hydrogen-bond donors (Lipinski definition) is 1. The van der Waals surface area contributed by atoms with Crippen LogP contribution in [0.15, 0.2) is 30.3 Å². The van der Waals surface area contributed by atoms with Gasteiger partial charge in [-0.15, -0.1) is 0 Å². The third kappa shape index (κ3) is 4.89. The molecule has 1 aliphatic rings. The number of hydrogen-bond acceptors (Lipinski definition) is 3. The molecule has 1 aliphatic heterocycles. The molecule has 1 unspecified atom stereocenters. The van der Waals surface area contributed by atoms with Gasteiger partial charge < -0.3 is 5.32 Å². The molecule has 1 fully saturated rings. The topological polar surface area (TPSA) is 49.4 Å². The number of rotatable bonds is 6. The van der Waals surface area contributed by atoms with Gasteiger partial charge in [0.15, 0.2) is 0 Å². The number of sulfonamides is 1. The van der Waals surface area contributed by atoms with Gasteiger partial charge >= 0.3 is 0 Å². The highest BCUT2D eigenvalue weighted by molar-refractivity contribution is 7.88. The molecule has 0 bridgehead atoms. The molecule has 20 heavy (non-hydrogen) atoms. The van der Waals surface area contributed by atoms with Crippen LogP contribution in [0.3, 0.4) is 0 Å². The first-order chi connectivity index (χ1) is 9.55. The van der Waals surface area contributed by atoms with Gasteiger partial charge in [-0.25, -0.2) is 12.7 Å². The third-order valence-electron chi connectivity index (χ3n) is 3.82. The van der Waals surface area contributed by atoms with Crippen LogP contribution in [-0.2, 0) is 16.4 Å². The van der Waals surface area contributed by atoms with Gasteiger partial charge in [-0.1, -0.05) is 30.3 Å².